The second-order valence-electron chi connectivity index (χ2n) is 3.75. The highest BCUT2D eigenvalue weighted by Crippen LogP contribution is 2.14. The van der Waals surface area contributed by atoms with Crippen LogP contribution in [-0.4, -0.2) is 29.4 Å². The van der Waals surface area contributed by atoms with E-state index in [-0.39, 0.29) is 12.3 Å². The number of nitrogens with zero attached hydrogens (tertiary/aromatic N) is 3. The van der Waals surface area contributed by atoms with Crippen molar-refractivity contribution in [1.82, 2.24) is 15.6 Å². The summed E-state index contributed by atoms with van der Waals surface area (Å²) in [5, 5.41) is 12.2. The van der Waals surface area contributed by atoms with E-state index >= 15 is 0 Å². The monoisotopic (exact) mass is 291 g/mol. The minimum Gasteiger partial charge on any atom is -0.496 e. The van der Waals surface area contributed by atoms with E-state index in [1.165, 1.54) is 17.6 Å². The molecule has 0 aliphatic carbocycles. The Balaban J connectivity index is 1.91. The van der Waals surface area contributed by atoms with E-state index in [9.17, 15) is 4.79 Å². The highest BCUT2D eigenvalue weighted by molar-refractivity contribution is 7.15. The quantitative estimate of drug-likeness (QED) is 0.627. The van der Waals surface area contributed by atoms with E-state index < -0.39 is 0 Å². The predicted octanol–water partition coefficient (Wildman–Crippen LogP) is 0.822. The minimum atomic E-state index is -0.285. The molecule has 1 aromatic carbocycles. The van der Waals surface area contributed by atoms with E-state index in [0.29, 0.717) is 15.9 Å². The molecule has 0 saturated carbocycles. The lowest BCUT2D eigenvalue weighted by Crippen LogP contribution is -2.19. The zero-order valence-electron chi connectivity index (χ0n) is 10.7. The minimum absolute atomic E-state index is 0.0954. The summed E-state index contributed by atoms with van der Waals surface area (Å²) < 4.78 is 5.17. The summed E-state index contributed by atoms with van der Waals surface area (Å²) in [6.45, 7) is 0. The van der Waals surface area contributed by atoms with Gasteiger partial charge in [0.2, 0.25) is 11.0 Å². The molecule has 104 valence electrons. The first kappa shape index (κ1) is 13.9. The summed E-state index contributed by atoms with van der Waals surface area (Å²) in [4.78, 5) is 11.6. The maximum Gasteiger partial charge on any atom is 0.247 e. The molecule has 2 aromatic rings. The van der Waals surface area contributed by atoms with Crippen LogP contribution in [0.15, 0.2) is 29.4 Å². The van der Waals surface area contributed by atoms with Gasteiger partial charge in [0.1, 0.15) is 10.8 Å². The largest absolute Gasteiger partial charge is 0.496 e. The molecule has 0 saturated heterocycles. The highest BCUT2D eigenvalue weighted by atomic mass is 32.1. The fourth-order valence-electron chi connectivity index (χ4n) is 1.46. The Morgan fingerprint density at radius 3 is 3.00 bits per heavy atom. The van der Waals surface area contributed by atoms with Crippen LogP contribution < -0.4 is 15.9 Å². The zero-order valence-corrected chi connectivity index (χ0v) is 11.6. The fourth-order valence-corrected chi connectivity index (χ4v) is 2.07. The maximum absolute atomic E-state index is 11.6. The number of nitrogens with one attached hydrogen (secondary N) is 1. The zero-order chi connectivity index (χ0) is 14.4. The molecular formula is C12H13N5O2S. The van der Waals surface area contributed by atoms with Gasteiger partial charge < -0.3 is 10.5 Å². The molecule has 0 aliphatic rings. The second kappa shape index (κ2) is 6.62. The first-order valence-electron chi connectivity index (χ1n) is 5.72. The Kier molecular flexibility index (Phi) is 4.61. The predicted molar refractivity (Wildman–Crippen MR) is 76.8 cm³/mol. The highest BCUT2D eigenvalue weighted by Gasteiger charge is 2.07. The molecule has 7 nitrogen and oxygen atoms in total. The van der Waals surface area contributed by atoms with Crippen molar-refractivity contribution in [2.45, 2.75) is 6.42 Å². The first-order valence-corrected chi connectivity index (χ1v) is 6.53. The molecule has 0 aliphatic heterocycles. The van der Waals surface area contributed by atoms with E-state index in [1.54, 1.807) is 7.11 Å². The first-order chi connectivity index (χ1) is 9.69. The van der Waals surface area contributed by atoms with Crippen molar-refractivity contribution in [3.05, 3.63) is 34.8 Å². The summed E-state index contributed by atoms with van der Waals surface area (Å²) in [5.41, 5.74) is 8.62. The van der Waals surface area contributed by atoms with Crippen LogP contribution in [0.1, 0.15) is 10.6 Å². The van der Waals surface area contributed by atoms with Crippen molar-refractivity contribution in [3.8, 4) is 5.75 Å². The summed E-state index contributed by atoms with van der Waals surface area (Å²) in [6.07, 6.45) is 1.61. The molecule has 0 spiro atoms. The van der Waals surface area contributed by atoms with Crippen LogP contribution in [0.5, 0.6) is 5.75 Å². The molecule has 0 bridgehead atoms. The SMILES string of the molecule is COc1ccccc1C=NNC(=O)Cc1nnc(N)s1. The van der Waals surface area contributed by atoms with Crippen LogP contribution in [0.2, 0.25) is 0 Å². The van der Waals surface area contributed by atoms with E-state index in [2.05, 4.69) is 20.7 Å². The van der Waals surface area contributed by atoms with E-state index in [0.717, 1.165) is 5.56 Å². The number of hydrazone groups is 1. The Labute approximate surface area is 119 Å². The third kappa shape index (κ3) is 3.75. The number of nitrogen functional groups attached to an aromatic ring is 1. The number of amides is 1. The third-order valence-corrected chi connectivity index (χ3v) is 3.08. The molecule has 0 atom stereocenters. The van der Waals surface area contributed by atoms with Gasteiger partial charge in [0.15, 0.2) is 0 Å². The summed E-state index contributed by atoms with van der Waals surface area (Å²) in [6, 6.07) is 7.36. The van der Waals surface area contributed by atoms with Crippen LogP contribution in [0.25, 0.3) is 0 Å². The van der Waals surface area contributed by atoms with Crippen molar-refractivity contribution in [2.75, 3.05) is 12.8 Å². The molecule has 1 amide bonds. The Morgan fingerprint density at radius 1 is 1.50 bits per heavy atom. The van der Waals surface area contributed by atoms with Gasteiger partial charge in [-0.3, -0.25) is 4.79 Å². The topological polar surface area (TPSA) is 102 Å². The molecule has 20 heavy (non-hydrogen) atoms. The number of anilines is 1. The Hall–Kier alpha value is -2.48. The number of methoxy groups -OCH3 is 1. The average Bonchev–Trinajstić information content (AvgIpc) is 2.84. The number of nitrogens with two attached hydrogens (primary N) is 1. The lowest BCUT2D eigenvalue weighted by Gasteiger charge is -2.02. The van der Waals surface area contributed by atoms with Gasteiger partial charge in [0.05, 0.1) is 19.7 Å². The molecule has 0 unspecified atom stereocenters. The smallest absolute Gasteiger partial charge is 0.247 e. The standard InChI is InChI=1S/C12H13N5O2S/c1-19-9-5-3-2-4-8(9)7-14-15-10(18)6-11-16-17-12(13)20-11/h2-5,7H,6H2,1H3,(H2,13,17)(H,15,18). The van der Waals surface area contributed by atoms with E-state index in [1.807, 2.05) is 24.3 Å². The van der Waals surface area contributed by atoms with Crippen molar-refractivity contribution in [3.63, 3.8) is 0 Å². The third-order valence-electron chi connectivity index (χ3n) is 2.33. The van der Waals surface area contributed by atoms with Gasteiger partial charge in [-0.2, -0.15) is 5.10 Å². The number of carbonyl (C=O) groups excluding carboxylic acids is 1. The molecule has 1 heterocycles. The van der Waals surface area contributed by atoms with Crippen LogP contribution in [0.4, 0.5) is 5.13 Å². The Morgan fingerprint density at radius 2 is 2.30 bits per heavy atom. The number of hydrogen-bond donors (Lipinski definition) is 2. The van der Waals surface area contributed by atoms with Crippen molar-refractivity contribution in [2.24, 2.45) is 5.10 Å². The summed E-state index contributed by atoms with van der Waals surface area (Å²) in [7, 11) is 1.57. The van der Waals surface area contributed by atoms with Gasteiger partial charge in [0, 0.05) is 5.56 Å². The fraction of sp³-hybridized carbons (Fsp3) is 0.167. The molecular weight excluding hydrogens is 278 g/mol. The number of para-hydroxylation sites is 1. The lowest BCUT2D eigenvalue weighted by molar-refractivity contribution is -0.120. The normalized spacial score (nSPS) is 10.7. The van der Waals surface area contributed by atoms with Gasteiger partial charge >= 0.3 is 0 Å². The van der Waals surface area contributed by atoms with Crippen molar-refractivity contribution >= 4 is 28.6 Å². The molecule has 0 radical (unpaired) electrons. The molecule has 2 rings (SSSR count). The molecule has 0 fully saturated rings. The van der Waals surface area contributed by atoms with Crippen LogP contribution in [0.3, 0.4) is 0 Å². The van der Waals surface area contributed by atoms with Crippen molar-refractivity contribution in [1.29, 1.82) is 0 Å². The number of benzene rings is 1. The van der Waals surface area contributed by atoms with E-state index in [4.69, 9.17) is 10.5 Å². The summed E-state index contributed by atoms with van der Waals surface area (Å²) >= 11 is 1.17. The van der Waals surface area contributed by atoms with Gasteiger partial charge in [-0.05, 0) is 12.1 Å². The molecule has 3 N–H and O–H groups in total. The number of hydrogen-bond acceptors (Lipinski definition) is 7. The van der Waals surface area contributed by atoms with Gasteiger partial charge in [-0.25, -0.2) is 5.43 Å². The number of ether oxygens (including phenoxy) is 1. The average molecular weight is 291 g/mol. The van der Waals surface area contributed by atoms with Gasteiger partial charge in [0.25, 0.3) is 0 Å². The molecule has 8 heteroatoms. The van der Waals surface area contributed by atoms with Crippen LogP contribution in [-0.2, 0) is 11.2 Å². The maximum atomic E-state index is 11.6. The molecule has 1 aromatic heterocycles. The Bertz CT molecular complexity index is 626. The number of rotatable bonds is 5. The van der Waals surface area contributed by atoms with Gasteiger partial charge in [-0.15, -0.1) is 10.2 Å². The van der Waals surface area contributed by atoms with Gasteiger partial charge in [-0.1, -0.05) is 23.5 Å². The second-order valence-corrected chi connectivity index (χ2v) is 4.84. The van der Waals surface area contributed by atoms with Crippen molar-refractivity contribution < 1.29 is 9.53 Å². The lowest BCUT2D eigenvalue weighted by atomic mass is 10.2. The summed E-state index contributed by atoms with van der Waals surface area (Å²) in [5.74, 6) is 0.398. The van der Waals surface area contributed by atoms with Crippen LogP contribution in [0, 0.1) is 0 Å². The number of aromatic nitrogens is 2. The van der Waals surface area contributed by atoms with Crippen LogP contribution >= 0.6 is 11.3 Å². The number of carbonyl (C=O) groups is 1.